The van der Waals surface area contributed by atoms with Gasteiger partial charge in [0.05, 0.1) is 18.6 Å². The number of rotatable bonds is 6. The number of ether oxygens (including phenoxy) is 1. The first-order chi connectivity index (χ1) is 9.02. The van der Waals surface area contributed by atoms with Crippen molar-refractivity contribution in [3.8, 4) is 0 Å². The largest absolute Gasteiger partial charge is 0.389 e. The van der Waals surface area contributed by atoms with E-state index in [-0.39, 0.29) is 18.4 Å². The lowest BCUT2D eigenvalue weighted by Crippen LogP contribution is -2.44. The molecule has 1 aliphatic heterocycles. The average molecular weight is 271 g/mol. The summed E-state index contributed by atoms with van der Waals surface area (Å²) in [6.07, 6.45) is 4.34. The molecule has 4 heteroatoms. The molecule has 0 aromatic rings. The van der Waals surface area contributed by atoms with Crippen molar-refractivity contribution in [3.05, 3.63) is 0 Å². The summed E-state index contributed by atoms with van der Waals surface area (Å²) in [7, 11) is 0. The van der Waals surface area contributed by atoms with E-state index in [4.69, 9.17) is 4.74 Å². The van der Waals surface area contributed by atoms with E-state index < -0.39 is 5.60 Å². The zero-order valence-electron chi connectivity index (χ0n) is 12.7. The standard InChI is InChI=1S/C15H29NO3/c1-4-7-15(18,8-5-2)12-14(17)16-9-11-19-10-6-13(16)3/h13,18H,4-12H2,1-3H3. The van der Waals surface area contributed by atoms with Crippen molar-refractivity contribution < 1.29 is 14.6 Å². The predicted octanol–water partition coefficient (Wildman–Crippen LogP) is 2.35. The van der Waals surface area contributed by atoms with E-state index in [1.165, 1.54) is 0 Å². The molecule has 1 atom stereocenters. The minimum Gasteiger partial charge on any atom is -0.389 e. The van der Waals surface area contributed by atoms with Crippen LogP contribution in [0.2, 0.25) is 0 Å². The van der Waals surface area contributed by atoms with Gasteiger partial charge >= 0.3 is 0 Å². The second-order valence-corrected chi connectivity index (χ2v) is 5.74. The summed E-state index contributed by atoms with van der Waals surface area (Å²) < 4.78 is 5.41. The molecule has 1 saturated heterocycles. The second-order valence-electron chi connectivity index (χ2n) is 5.74. The van der Waals surface area contributed by atoms with Crippen LogP contribution in [0, 0.1) is 0 Å². The first-order valence-corrected chi connectivity index (χ1v) is 7.62. The Morgan fingerprint density at radius 3 is 2.53 bits per heavy atom. The topological polar surface area (TPSA) is 49.8 Å². The van der Waals surface area contributed by atoms with Crippen molar-refractivity contribution in [1.82, 2.24) is 4.90 Å². The molecule has 1 aliphatic rings. The van der Waals surface area contributed by atoms with Crippen LogP contribution in [0.4, 0.5) is 0 Å². The molecule has 19 heavy (non-hydrogen) atoms. The van der Waals surface area contributed by atoms with Gasteiger partial charge in [0.1, 0.15) is 0 Å². The van der Waals surface area contributed by atoms with Gasteiger partial charge in [-0.1, -0.05) is 26.7 Å². The monoisotopic (exact) mass is 271 g/mol. The molecule has 1 heterocycles. The number of hydrogen-bond acceptors (Lipinski definition) is 3. The van der Waals surface area contributed by atoms with Crippen LogP contribution in [0.1, 0.15) is 59.3 Å². The molecule has 0 bridgehead atoms. The van der Waals surface area contributed by atoms with Crippen molar-refractivity contribution in [2.75, 3.05) is 19.8 Å². The van der Waals surface area contributed by atoms with Crippen molar-refractivity contribution in [3.63, 3.8) is 0 Å². The maximum absolute atomic E-state index is 12.4. The minimum atomic E-state index is -0.826. The van der Waals surface area contributed by atoms with Gasteiger partial charge in [0.2, 0.25) is 5.91 Å². The molecule has 1 unspecified atom stereocenters. The lowest BCUT2D eigenvalue weighted by Gasteiger charge is -2.32. The van der Waals surface area contributed by atoms with Gasteiger partial charge in [-0.05, 0) is 26.2 Å². The summed E-state index contributed by atoms with van der Waals surface area (Å²) in [6.45, 7) is 8.13. The van der Waals surface area contributed by atoms with E-state index in [9.17, 15) is 9.90 Å². The van der Waals surface area contributed by atoms with Crippen LogP contribution in [0.15, 0.2) is 0 Å². The SMILES string of the molecule is CCCC(O)(CCC)CC(=O)N1CCOCCC1C. The lowest BCUT2D eigenvalue weighted by molar-refractivity contribution is -0.139. The normalized spacial score (nSPS) is 21.3. The number of nitrogens with zero attached hydrogens (tertiary/aromatic N) is 1. The quantitative estimate of drug-likeness (QED) is 0.806. The van der Waals surface area contributed by atoms with Crippen LogP contribution in [-0.4, -0.2) is 47.3 Å². The van der Waals surface area contributed by atoms with E-state index in [1.54, 1.807) is 0 Å². The highest BCUT2D eigenvalue weighted by molar-refractivity contribution is 5.77. The molecule has 0 aromatic carbocycles. The third kappa shape index (κ3) is 5.11. The Balaban J connectivity index is 2.64. The Morgan fingerprint density at radius 1 is 1.32 bits per heavy atom. The molecule has 0 spiro atoms. The molecule has 112 valence electrons. The number of hydrogen-bond donors (Lipinski definition) is 1. The third-order valence-corrected chi connectivity index (χ3v) is 3.92. The highest BCUT2D eigenvalue weighted by atomic mass is 16.5. The zero-order chi connectivity index (χ0) is 14.3. The average Bonchev–Trinajstić information content (AvgIpc) is 2.54. The molecular weight excluding hydrogens is 242 g/mol. The molecule has 0 aliphatic carbocycles. The fourth-order valence-electron chi connectivity index (χ4n) is 2.88. The summed E-state index contributed by atoms with van der Waals surface area (Å²) in [5, 5.41) is 10.6. The highest BCUT2D eigenvalue weighted by Crippen LogP contribution is 2.25. The maximum atomic E-state index is 12.4. The summed E-state index contributed by atoms with van der Waals surface area (Å²) in [4.78, 5) is 14.3. The van der Waals surface area contributed by atoms with E-state index in [0.717, 1.165) is 25.9 Å². The number of carbonyl (C=O) groups excluding carboxylic acids is 1. The molecule has 1 amide bonds. The van der Waals surface area contributed by atoms with Crippen LogP contribution >= 0.6 is 0 Å². The van der Waals surface area contributed by atoms with Gasteiger partial charge in [-0.15, -0.1) is 0 Å². The Kier molecular flexibility index (Phi) is 6.80. The van der Waals surface area contributed by atoms with Crippen molar-refractivity contribution >= 4 is 5.91 Å². The molecule has 4 nitrogen and oxygen atoms in total. The maximum Gasteiger partial charge on any atom is 0.225 e. The van der Waals surface area contributed by atoms with Gasteiger partial charge in [-0.2, -0.15) is 0 Å². The Bertz CT molecular complexity index is 275. The molecule has 0 radical (unpaired) electrons. The molecule has 0 saturated carbocycles. The van der Waals surface area contributed by atoms with Crippen molar-refractivity contribution in [1.29, 1.82) is 0 Å². The first kappa shape index (κ1) is 16.4. The molecule has 1 fully saturated rings. The van der Waals surface area contributed by atoms with Gasteiger partial charge in [-0.3, -0.25) is 4.79 Å². The lowest BCUT2D eigenvalue weighted by atomic mass is 9.88. The molecule has 1 rings (SSSR count). The van der Waals surface area contributed by atoms with Gasteiger partial charge < -0.3 is 14.7 Å². The molecule has 1 N–H and O–H groups in total. The van der Waals surface area contributed by atoms with E-state index in [0.29, 0.717) is 26.0 Å². The van der Waals surface area contributed by atoms with Crippen LogP contribution in [0.5, 0.6) is 0 Å². The summed E-state index contributed by atoms with van der Waals surface area (Å²) >= 11 is 0. The first-order valence-electron chi connectivity index (χ1n) is 7.62. The smallest absolute Gasteiger partial charge is 0.225 e. The van der Waals surface area contributed by atoms with E-state index in [1.807, 2.05) is 18.7 Å². The van der Waals surface area contributed by atoms with Crippen LogP contribution in [-0.2, 0) is 9.53 Å². The van der Waals surface area contributed by atoms with Crippen molar-refractivity contribution in [2.45, 2.75) is 70.9 Å². The van der Waals surface area contributed by atoms with Gasteiger partial charge in [0.15, 0.2) is 0 Å². The number of amides is 1. The Morgan fingerprint density at radius 2 is 1.95 bits per heavy atom. The van der Waals surface area contributed by atoms with Crippen LogP contribution in [0.3, 0.4) is 0 Å². The van der Waals surface area contributed by atoms with Crippen LogP contribution in [0.25, 0.3) is 0 Å². The zero-order valence-corrected chi connectivity index (χ0v) is 12.7. The van der Waals surface area contributed by atoms with E-state index >= 15 is 0 Å². The Labute approximate surface area is 117 Å². The third-order valence-electron chi connectivity index (χ3n) is 3.92. The molecule has 0 aromatic heterocycles. The molecular formula is C15H29NO3. The fraction of sp³-hybridized carbons (Fsp3) is 0.933. The van der Waals surface area contributed by atoms with Gasteiger partial charge in [-0.25, -0.2) is 0 Å². The number of carbonyl (C=O) groups is 1. The predicted molar refractivity (Wildman–Crippen MR) is 76.0 cm³/mol. The number of aliphatic hydroxyl groups is 1. The summed E-state index contributed by atoms with van der Waals surface area (Å²) in [6, 6.07) is 0.211. The van der Waals surface area contributed by atoms with E-state index in [2.05, 4.69) is 6.92 Å². The Hall–Kier alpha value is -0.610. The van der Waals surface area contributed by atoms with Crippen LogP contribution < -0.4 is 0 Å². The van der Waals surface area contributed by atoms with Crippen molar-refractivity contribution in [2.24, 2.45) is 0 Å². The van der Waals surface area contributed by atoms with Gasteiger partial charge in [0, 0.05) is 19.2 Å². The minimum absolute atomic E-state index is 0.0717. The van der Waals surface area contributed by atoms with Gasteiger partial charge in [0.25, 0.3) is 0 Å². The highest BCUT2D eigenvalue weighted by Gasteiger charge is 2.32. The second kappa shape index (κ2) is 7.85. The summed E-state index contributed by atoms with van der Waals surface area (Å²) in [5.41, 5.74) is -0.826. The summed E-state index contributed by atoms with van der Waals surface area (Å²) in [5.74, 6) is 0.0717. The fourth-order valence-corrected chi connectivity index (χ4v) is 2.88.